The molecular formula is C73H142O17P2. The number of hydrogen-bond acceptors (Lipinski definition) is 15. The zero-order chi connectivity index (χ0) is 67.9. The average molecular weight is 1350 g/mol. The van der Waals surface area contributed by atoms with E-state index in [1.165, 1.54) is 186 Å². The van der Waals surface area contributed by atoms with Gasteiger partial charge in [0.2, 0.25) is 0 Å². The highest BCUT2D eigenvalue weighted by Crippen LogP contribution is 2.45. The van der Waals surface area contributed by atoms with E-state index in [0.717, 1.165) is 108 Å². The Morgan fingerprint density at radius 3 is 0.826 bits per heavy atom. The fourth-order valence-electron chi connectivity index (χ4n) is 11.1. The molecule has 0 aliphatic heterocycles. The van der Waals surface area contributed by atoms with Crippen molar-refractivity contribution in [1.82, 2.24) is 0 Å². The molecule has 0 aromatic heterocycles. The molecule has 546 valence electrons. The molecule has 19 heteroatoms. The largest absolute Gasteiger partial charge is 0.472 e. The summed E-state index contributed by atoms with van der Waals surface area (Å²) in [6.07, 6.45) is 51.6. The Hall–Kier alpha value is -1.94. The summed E-state index contributed by atoms with van der Waals surface area (Å²) in [5.41, 5.74) is 0. The highest BCUT2D eigenvalue weighted by atomic mass is 31.2. The quantitative estimate of drug-likeness (QED) is 0.0222. The SMILES string of the molecule is CCCCCCCCCCCCCCCCCCCC(=O)O[C@H](COC(=O)CCCCCCCCCCCCCCCC(C)C)COP(=O)(O)OC[C@@H](O)COP(=O)(O)OC[C@@H](COC(=O)CCCCCCC)OC(=O)CCCCCCCCCCCCC(C)CC. The Balaban J connectivity index is 5.16. The molecule has 0 aliphatic carbocycles. The van der Waals surface area contributed by atoms with Crippen LogP contribution in [0.25, 0.3) is 0 Å². The molecule has 0 rings (SSSR count). The van der Waals surface area contributed by atoms with E-state index in [0.29, 0.717) is 25.7 Å². The molecule has 0 saturated heterocycles. The number of hydrogen-bond donors (Lipinski definition) is 3. The topological polar surface area (TPSA) is 237 Å². The van der Waals surface area contributed by atoms with Crippen LogP contribution in [0.5, 0.6) is 0 Å². The summed E-state index contributed by atoms with van der Waals surface area (Å²) in [6.45, 7) is 9.53. The molecule has 17 nitrogen and oxygen atoms in total. The Kier molecular flexibility index (Phi) is 63.7. The Morgan fingerprint density at radius 1 is 0.315 bits per heavy atom. The molecule has 0 fully saturated rings. The lowest BCUT2D eigenvalue weighted by molar-refractivity contribution is -0.161. The molecule has 6 atom stereocenters. The van der Waals surface area contributed by atoms with Crippen LogP contribution in [0.15, 0.2) is 0 Å². The van der Waals surface area contributed by atoms with Gasteiger partial charge in [-0.05, 0) is 37.5 Å². The zero-order valence-electron chi connectivity index (χ0n) is 59.9. The van der Waals surface area contributed by atoms with Gasteiger partial charge in [-0.2, -0.15) is 0 Å². The van der Waals surface area contributed by atoms with Crippen LogP contribution in [0.2, 0.25) is 0 Å². The molecule has 0 bridgehead atoms. The van der Waals surface area contributed by atoms with E-state index in [-0.39, 0.29) is 25.7 Å². The molecular weight excluding hydrogens is 1210 g/mol. The van der Waals surface area contributed by atoms with Gasteiger partial charge in [-0.3, -0.25) is 37.3 Å². The first-order valence-corrected chi connectivity index (χ1v) is 41.0. The van der Waals surface area contributed by atoms with E-state index in [9.17, 15) is 43.2 Å². The summed E-state index contributed by atoms with van der Waals surface area (Å²) in [6, 6.07) is 0. The lowest BCUT2D eigenvalue weighted by Crippen LogP contribution is -2.30. The van der Waals surface area contributed by atoms with Crippen LogP contribution in [0, 0.1) is 11.8 Å². The fourth-order valence-corrected chi connectivity index (χ4v) is 12.7. The van der Waals surface area contributed by atoms with Crippen molar-refractivity contribution in [2.24, 2.45) is 11.8 Å². The van der Waals surface area contributed by atoms with Gasteiger partial charge in [0.25, 0.3) is 0 Å². The maximum absolute atomic E-state index is 13.0. The second-order valence-corrected chi connectivity index (χ2v) is 30.0. The number of unbranched alkanes of at least 4 members (excludes halogenated alkanes) is 41. The number of phosphoric acid groups is 2. The van der Waals surface area contributed by atoms with Crippen molar-refractivity contribution in [3.8, 4) is 0 Å². The molecule has 0 saturated carbocycles. The predicted molar refractivity (Wildman–Crippen MR) is 372 cm³/mol. The maximum atomic E-state index is 13.0. The van der Waals surface area contributed by atoms with E-state index in [4.69, 9.17) is 37.0 Å². The Labute approximate surface area is 562 Å². The molecule has 0 heterocycles. The van der Waals surface area contributed by atoms with E-state index in [2.05, 4.69) is 41.5 Å². The lowest BCUT2D eigenvalue weighted by Gasteiger charge is -2.21. The van der Waals surface area contributed by atoms with Gasteiger partial charge in [-0.1, -0.05) is 324 Å². The highest BCUT2D eigenvalue weighted by Gasteiger charge is 2.30. The van der Waals surface area contributed by atoms with Crippen LogP contribution in [-0.2, 0) is 65.4 Å². The van der Waals surface area contributed by atoms with Gasteiger partial charge < -0.3 is 33.8 Å². The molecule has 0 spiro atoms. The van der Waals surface area contributed by atoms with Crippen LogP contribution >= 0.6 is 15.6 Å². The molecule has 0 amide bonds. The summed E-state index contributed by atoms with van der Waals surface area (Å²) in [5, 5.41) is 10.6. The van der Waals surface area contributed by atoms with Crippen molar-refractivity contribution < 1.29 is 80.2 Å². The monoisotopic (exact) mass is 1350 g/mol. The van der Waals surface area contributed by atoms with Crippen molar-refractivity contribution in [3.63, 3.8) is 0 Å². The first-order chi connectivity index (χ1) is 44.4. The van der Waals surface area contributed by atoms with E-state index in [1.807, 2.05) is 0 Å². The second kappa shape index (κ2) is 65.0. The lowest BCUT2D eigenvalue weighted by atomic mass is 9.99. The van der Waals surface area contributed by atoms with Crippen molar-refractivity contribution in [2.75, 3.05) is 39.6 Å². The van der Waals surface area contributed by atoms with Gasteiger partial charge in [0, 0.05) is 25.7 Å². The van der Waals surface area contributed by atoms with Crippen LogP contribution < -0.4 is 0 Å². The van der Waals surface area contributed by atoms with Gasteiger partial charge in [0.05, 0.1) is 26.4 Å². The minimum absolute atomic E-state index is 0.105. The number of esters is 4. The fraction of sp³-hybridized carbons (Fsp3) is 0.945. The van der Waals surface area contributed by atoms with Crippen molar-refractivity contribution >= 4 is 39.5 Å². The van der Waals surface area contributed by atoms with Gasteiger partial charge in [0.15, 0.2) is 12.2 Å². The molecule has 0 aromatic carbocycles. The third kappa shape index (κ3) is 65.4. The minimum atomic E-state index is -4.95. The Bertz CT molecular complexity index is 1790. The van der Waals surface area contributed by atoms with Crippen molar-refractivity contribution in [3.05, 3.63) is 0 Å². The van der Waals surface area contributed by atoms with E-state index < -0.39 is 97.5 Å². The molecule has 92 heavy (non-hydrogen) atoms. The van der Waals surface area contributed by atoms with Crippen LogP contribution in [0.3, 0.4) is 0 Å². The number of phosphoric ester groups is 2. The standard InChI is InChI=1S/C73H142O17P2/c1-7-10-12-14-15-16-17-18-19-20-21-24-28-34-39-45-51-57-73(78)90-69(62-84-71(76)56-50-44-38-33-27-25-22-23-26-31-36-42-47-53-65(4)5)64-88-92(81,82)86-60-67(74)59-85-91(79,80)87-63-68(61-83-70(75)55-49-41-13-11-8-2)89-72(77)58-52-46-40-35-30-29-32-37-43-48-54-66(6)9-3/h65-69,74H,7-64H2,1-6H3,(H,79,80)(H,81,82)/t66?,67-,68+,69+/m0/s1. The summed E-state index contributed by atoms with van der Waals surface area (Å²) in [5.74, 6) is -0.535. The zero-order valence-corrected chi connectivity index (χ0v) is 61.6. The molecule has 0 aromatic rings. The first-order valence-electron chi connectivity index (χ1n) is 38.0. The normalized spacial score (nSPS) is 14.4. The summed E-state index contributed by atoms with van der Waals surface area (Å²) in [7, 11) is -9.90. The number of aliphatic hydroxyl groups is 1. The van der Waals surface area contributed by atoms with Gasteiger partial charge in [0.1, 0.15) is 19.3 Å². The van der Waals surface area contributed by atoms with Gasteiger partial charge >= 0.3 is 39.5 Å². The number of ether oxygens (including phenoxy) is 4. The molecule has 0 aliphatic rings. The smallest absolute Gasteiger partial charge is 0.462 e. The van der Waals surface area contributed by atoms with Crippen molar-refractivity contribution in [2.45, 2.75) is 394 Å². The van der Waals surface area contributed by atoms with Crippen LogP contribution in [0.4, 0.5) is 0 Å². The third-order valence-electron chi connectivity index (χ3n) is 17.3. The molecule has 3 unspecified atom stereocenters. The number of aliphatic hydroxyl groups excluding tert-OH is 1. The van der Waals surface area contributed by atoms with E-state index in [1.54, 1.807) is 0 Å². The number of carbonyl (C=O) groups is 4. The second-order valence-electron chi connectivity index (χ2n) is 27.1. The summed E-state index contributed by atoms with van der Waals surface area (Å²) >= 11 is 0. The number of carbonyl (C=O) groups excluding carboxylic acids is 4. The van der Waals surface area contributed by atoms with Crippen LogP contribution in [0.1, 0.15) is 375 Å². The number of rotatable bonds is 72. The van der Waals surface area contributed by atoms with Crippen molar-refractivity contribution in [1.29, 1.82) is 0 Å². The summed E-state index contributed by atoms with van der Waals surface area (Å²) in [4.78, 5) is 72.4. The molecule has 0 radical (unpaired) electrons. The van der Waals surface area contributed by atoms with Gasteiger partial charge in [-0.15, -0.1) is 0 Å². The van der Waals surface area contributed by atoms with E-state index >= 15 is 0 Å². The highest BCUT2D eigenvalue weighted by molar-refractivity contribution is 7.47. The minimum Gasteiger partial charge on any atom is -0.462 e. The molecule has 3 N–H and O–H groups in total. The Morgan fingerprint density at radius 2 is 0.554 bits per heavy atom. The maximum Gasteiger partial charge on any atom is 0.472 e. The summed E-state index contributed by atoms with van der Waals surface area (Å²) < 4.78 is 68.2. The first kappa shape index (κ1) is 90.1. The van der Waals surface area contributed by atoms with Crippen LogP contribution in [-0.4, -0.2) is 96.7 Å². The third-order valence-corrected chi connectivity index (χ3v) is 19.2. The predicted octanol–water partition coefficient (Wildman–Crippen LogP) is 21.2. The average Bonchev–Trinajstić information content (AvgIpc) is 1.81. The van der Waals surface area contributed by atoms with Gasteiger partial charge in [-0.25, -0.2) is 9.13 Å².